The molecule has 1 aromatic carbocycles. The fraction of sp³-hybridized carbons (Fsp3) is 0.375. The quantitative estimate of drug-likeness (QED) is 0.594. The van der Waals surface area contributed by atoms with Gasteiger partial charge in [-0.1, -0.05) is 68.8 Å². The van der Waals surface area contributed by atoms with Gasteiger partial charge in [-0.3, -0.25) is 0 Å². The maximum atomic E-state index is 2.22. The third kappa shape index (κ3) is 4.97. The summed E-state index contributed by atoms with van der Waals surface area (Å²) in [5, 5.41) is 0. The van der Waals surface area contributed by atoms with E-state index in [1.807, 2.05) is 13.8 Å². The highest BCUT2D eigenvalue weighted by molar-refractivity contribution is 5.73. The highest BCUT2D eigenvalue weighted by Gasteiger charge is 1.95. The highest BCUT2D eigenvalue weighted by atomic mass is 14.0. The molecule has 0 aliphatic rings. The number of allylic oxidation sites excluding steroid dienone is 4. The van der Waals surface area contributed by atoms with Crippen LogP contribution >= 0.6 is 0 Å². The molecule has 0 aliphatic carbocycles. The minimum atomic E-state index is 1.09. The molecule has 0 heterocycles. The lowest BCUT2D eigenvalue weighted by atomic mass is 10.0. The van der Waals surface area contributed by atoms with E-state index in [9.17, 15) is 0 Å². The zero-order valence-corrected chi connectivity index (χ0v) is 11.2. The summed E-state index contributed by atoms with van der Waals surface area (Å²) < 4.78 is 0. The van der Waals surface area contributed by atoms with Gasteiger partial charge in [-0.25, -0.2) is 0 Å². The van der Waals surface area contributed by atoms with Crippen LogP contribution in [-0.4, -0.2) is 0 Å². The van der Waals surface area contributed by atoms with E-state index >= 15 is 0 Å². The molecule has 0 amide bonds. The largest absolute Gasteiger partial charge is 0.0842 e. The van der Waals surface area contributed by atoms with E-state index in [1.165, 1.54) is 16.7 Å². The predicted octanol–water partition coefficient (Wildman–Crippen LogP) is 5.39. The third-order valence-electron chi connectivity index (χ3n) is 2.20. The van der Waals surface area contributed by atoms with Crippen molar-refractivity contribution in [1.29, 1.82) is 0 Å². The molecule has 88 valence electrons. The van der Waals surface area contributed by atoms with Crippen molar-refractivity contribution in [2.45, 2.75) is 41.0 Å². The summed E-state index contributed by atoms with van der Waals surface area (Å²) in [6.07, 6.45) is 7.62. The molecule has 0 unspecified atom stereocenters. The molecule has 0 fully saturated rings. The lowest BCUT2D eigenvalue weighted by Gasteiger charge is -2.02. The van der Waals surface area contributed by atoms with E-state index in [-0.39, 0.29) is 0 Å². The average molecular weight is 216 g/mol. The van der Waals surface area contributed by atoms with Crippen LogP contribution in [0.15, 0.2) is 42.5 Å². The minimum Gasteiger partial charge on any atom is -0.0842 e. The first-order valence-corrected chi connectivity index (χ1v) is 6.17. The summed E-state index contributed by atoms with van der Waals surface area (Å²) in [5.41, 5.74) is 3.92. The van der Waals surface area contributed by atoms with Crippen LogP contribution in [0.2, 0.25) is 0 Å². The van der Waals surface area contributed by atoms with Gasteiger partial charge in [-0.15, -0.1) is 0 Å². The summed E-state index contributed by atoms with van der Waals surface area (Å²) >= 11 is 0. The van der Waals surface area contributed by atoms with E-state index in [4.69, 9.17) is 0 Å². The van der Waals surface area contributed by atoms with E-state index in [0.717, 1.165) is 6.42 Å². The second-order valence-electron chi connectivity index (χ2n) is 3.42. The van der Waals surface area contributed by atoms with E-state index in [2.05, 4.69) is 63.3 Å². The van der Waals surface area contributed by atoms with Gasteiger partial charge in [0.1, 0.15) is 0 Å². The molecule has 0 nitrogen and oxygen atoms in total. The molecule has 0 bridgehead atoms. The molecular weight excluding hydrogens is 192 g/mol. The monoisotopic (exact) mass is 216 g/mol. The van der Waals surface area contributed by atoms with Crippen molar-refractivity contribution in [2.24, 2.45) is 0 Å². The van der Waals surface area contributed by atoms with Crippen molar-refractivity contribution >= 4 is 5.57 Å². The first-order chi connectivity index (χ1) is 7.77. The molecule has 0 aromatic heterocycles. The topological polar surface area (TPSA) is 0 Å². The van der Waals surface area contributed by atoms with Gasteiger partial charge in [0.2, 0.25) is 0 Å². The predicted molar refractivity (Wildman–Crippen MR) is 75.6 cm³/mol. The van der Waals surface area contributed by atoms with E-state index < -0.39 is 0 Å². The number of aryl methyl sites for hydroxylation is 1. The molecule has 1 aromatic rings. The summed E-state index contributed by atoms with van der Waals surface area (Å²) in [6, 6.07) is 8.60. The molecular formula is C16H24. The smallest absolute Gasteiger partial charge is 0.0185 e. The Morgan fingerprint density at radius 3 is 2.44 bits per heavy atom. The maximum absolute atomic E-state index is 2.22. The Hall–Kier alpha value is -1.30. The van der Waals surface area contributed by atoms with Crippen LogP contribution in [0.3, 0.4) is 0 Å². The molecule has 0 spiro atoms. The first-order valence-electron chi connectivity index (χ1n) is 6.17. The Kier molecular flexibility index (Phi) is 8.24. The molecule has 0 atom stereocenters. The Bertz CT molecular complexity index is 343. The second kappa shape index (κ2) is 8.96. The van der Waals surface area contributed by atoms with Crippen molar-refractivity contribution in [3.8, 4) is 0 Å². The lowest BCUT2D eigenvalue weighted by Crippen LogP contribution is -1.81. The number of hydrogen-bond acceptors (Lipinski definition) is 0. The summed E-state index contributed by atoms with van der Waals surface area (Å²) in [6.45, 7) is 10.4. The summed E-state index contributed by atoms with van der Waals surface area (Å²) in [5.74, 6) is 0. The third-order valence-corrected chi connectivity index (χ3v) is 2.20. The standard InChI is InChI=1S/C14H18.C2H6/c1-4-6-9-13(5-2)14-10-7-8-12(3)11-14;1-2/h5-11H,4H2,1-3H3;1-2H3/b9-6-,13-5+;. The molecule has 1 rings (SSSR count). The molecule has 0 saturated heterocycles. The van der Waals surface area contributed by atoms with Gasteiger partial charge in [0.25, 0.3) is 0 Å². The van der Waals surface area contributed by atoms with Crippen LogP contribution in [0.25, 0.3) is 5.57 Å². The SMILES string of the molecule is C/C=C(\C=C/CC)c1cccc(C)c1.CC. The molecule has 0 N–H and O–H groups in total. The lowest BCUT2D eigenvalue weighted by molar-refractivity contribution is 1.22. The van der Waals surface area contributed by atoms with Gasteiger partial charge in [0, 0.05) is 0 Å². The van der Waals surface area contributed by atoms with Crippen LogP contribution < -0.4 is 0 Å². The number of benzene rings is 1. The Balaban J connectivity index is 0.00000106. The first kappa shape index (κ1) is 14.7. The van der Waals surface area contributed by atoms with Crippen molar-refractivity contribution < 1.29 is 0 Å². The fourth-order valence-electron chi connectivity index (χ4n) is 1.43. The molecule has 0 heteroatoms. The Morgan fingerprint density at radius 1 is 1.25 bits per heavy atom. The molecule has 0 saturated carbocycles. The van der Waals surface area contributed by atoms with Crippen molar-refractivity contribution in [3.05, 3.63) is 53.6 Å². The van der Waals surface area contributed by atoms with Gasteiger partial charge in [0.15, 0.2) is 0 Å². The number of rotatable bonds is 3. The number of hydrogen-bond donors (Lipinski definition) is 0. The average Bonchev–Trinajstić information content (AvgIpc) is 2.33. The second-order valence-corrected chi connectivity index (χ2v) is 3.42. The van der Waals surface area contributed by atoms with Crippen LogP contribution in [0, 0.1) is 6.92 Å². The highest BCUT2D eigenvalue weighted by Crippen LogP contribution is 2.17. The van der Waals surface area contributed by atoms with E-state index in [0.29, 0.717) is 0 Å². The van der Waals surface area contributed by atoms with Crippen molar-refractivity contribution in [2.75, 3.05) is 0 Å². The van der Waals surface area contributed by atoms with Gasteiger partial charge in [-0.2, -0.15) is 0 Å². The Morgan fingerprint density at radius 2 is 1.94 bits per heavy atom. The summed E-state index contributed by atoms with van der Waals surface area (Å²) in [7, 11) is 0. The van der Waals surface area contributed by atoms with Gasteiger partial charge in [0.05, 0.1) is 0 Å². The zero-order valence-electron chi connectivity index (χ0n) is 11.2. The summed E-state index contributed by atoms with van der Waals surface area (Å²) in [4.78, 5) is 0. The normalized spacial score (nSPS) is 11.2. The van der Waals surface area contributed by atoms with E-state index in [1.54, 1.807) is 0 Å². The molecule has 0 radical (unpaired) electrons. The van der Waals surface area contributed by atoms with Crippen LogP contribution in [-0.2, 0) is 0 Å². The van der Waals surface area contributed by atoms with Crippen molar-refractivity contribution in [1.82, 2.24) is 0 Å². The molecule has 0 aliphatic heterocycles. The maximum Gasteiger partial charge on any atom is -0.0185 e. The molecule has 16 heavy (non-hydrogen) atoms. The van der Waals surface area contributed by atoms with Gasteiger partial charge in [-0.05, 0) is 31.4 Å². The van der Waals surface area contributed by atoms with Gasteiger partial charge >= 0.3 is 0 Å². The minimum absolute atomic E-state index is 1.09. The van der Waals surface area contributed by atoms with Gasteiger partial charge < -0.3 is 0 Å². The fourth-order valence-corrected chi connectivity index (χ4v) is 1.43. The Labute approximate surface area is 101 Å². The zero-order chi connectivity index (χ0) is 12.4. The van der Waals surface area contributed by atoms with Crippen LogP contribution in [0.5, 0.6) is 0 Å². The van der Waals surface area contributed by atoms with Crippen LogP contribution in [0.4, 0.5) is 0 Å². The van der Waals surface area contributed by atoms with Crippen LogP contribution in [0.1, 0.15) is 45.2 Å². The van der Waals surface area contributed by atoms with Crippen molar-refractivity contribution in [3.63, 3.8) is 0 Å².